The molecule has 1 saturated heterocycles. The maximum Gasteiger partial charge on any atom is 0.243 e. The SMILES string of the molecule is Cc1ccc(S(=O)(=O)N2CCC(C(=O)NC(C)C(=O)NC(C)(C)C)CC2)cc1. The molecular formula is C20H31N3O4S. The van der Waals surface area contributed by atoms with Gasteiger partial charge >= 0.3 is 0 Å². The van der Waals surface area contributed by atoms with Gasteiger partial charge in [0.15, 0.2) is 0 Å². The quantitative estimate of drug-likeness (QED) is 0.775. The van der Waals surface area contributed by atoms with Crippen LogP contribution in [0.1, 0.15) is 46.1 Å². The number of piperidine rings is 1. The van der Waals surface area contributed by atoms with Crippen LogP contribution in [0.3, 0.4) is 0 Å². The predicted molar refractivity (Wildman–Crippen MR) is 108 cm³/mol. The normalized spacial score (nSPS) is 17.8. The molecule has 1 aromatic rings. The highest BCUT2D eigenvalue weighted by Crippen LogP contribution is 2.24. The molecule has 2 N–H and O–H groups in total. The van der Waals surface area contributed by atoms with Gasteiger partial charge < -0.3 is 10.6 Å². The first-order valence-electron chi connectivity index (χ1n) is 9.59. The van der Waals surface area contributed by atoms with E-state index in [0.29, 0.717) is 12.8 Å². The summed E-state index contributed by atoms with van der Waals surface area (Å²) in [7, 11) is -3.55. The number of carbonyl (C=O) groups is 2. The Morgan fingerprint density at radius 1 is 1.11 bits per heavy atom. The number of hydrogen-bond acceptors (Lipinski definition) is 4. The zero-order chi connectivity index (χ0) is 21.1. The molecule has 0 spiro atoms. The van der Waals surface area contributed by atoms with E-state index in [1.54, 1.807) is 31.2 Å². The zero-order valence-corrected chi connectivity index (χ0v) is 18.1. The molecule has 1 aliphatic heterocycles. The molecule has 156 valence electrons. The average molecular weight is 410 g/mol. The molecule has 2 rings (SSSR count). The van der Waals surface area contributed by atoms with E-state index in [0.717, 1.165) is 5.56 Å². The van der Waals surface area contributed by atoms with Gasteiger partial charge in [-0.2, -0.15) is 4.31 Å². The summed E-state index contributed by atoms with van der Waals surface area (Å²) in [4.78, 5) is 24.9. The van der Waals surface area contributed by atoms with Crippen molar-refractivity contribution >= 4 is 21.8 Å². The number of carbonyl (C=O) groups excluding carboxylic acids is 2. The summed E-state index contributed by atoms with van der Waals surface area (Å²) >= 11 is 0. The average Bonchev–Trinajstić information content (AvgIpc) is 2.60. The first-order valence-corrected chi connectivity index (χ1v) is 11.0. The van der Waals surface area contributed by atoms with Crippen LogP contribution < -0.4 is 10.6 Å². The lowest BCUT2D eigenvalue weighted by Gasteiger charge is -2.31. The number of sulfonamides is 1. The van der Waals surface area contributed by atoms with E-state index in [1.807, 2.05) is 27.7 Å². The first-order chi connectivity index (χ1) is 12.9. The van der Waals surface area contributed by atoms with Crippen molar-refractivity contribution in [3.63, 3.8) is 0 Å². The maximum absolute atomic E-state index is 12.7. The summed E-state index contributed by atoms with van der Waals surface area (Å²) < 4.78 is 26.9. The van der Waals surface area contributed by atoms with Crippen LogP contribution in [-0.2, 0) is 19.6 Å². The van der Waals surface area contributed by atoms with E-state index in [-0.39, 0.29) is 41.3 Å². The molecule has 1 heterocycles. The minimum Gasteiger partial charge on any atom is -0.350 e. The van der Waals surface area contributed by atoms with Crippen molar-refractivity contribution < 1.29 is 18.0 Å². The fraction of sp³-hybridized carbons (Fsp3) is 0.600. The third-order valence-electron chi connectivity index (χ3n) is 4.73. The van der Waals surface area contributed by atoms with Gasteiger partial charge in [0.25, 0.3) is 0 Å². The van der Waals surface area contributed by atoms with Gasteiger partial charge in [0.2, 0.25) is 21.8 Å². The summed E-state index contributed by atoms with van der Waals surface area (Å²) in [5, 5.41) is 5.58. The van der Waals surface area contributed by atoms with E-state index < -0.39 is 16.1 Å². The molecule has 0 radical (unpaired) electrons. The molecule has 1 fully saturated rings. The zero-order valence-electron chi connectivity index (χ0n) is 17.3. The van der Waals surface area contributed by atoms with Crippen LogP contribution in [0.4, 0.5) is 0 Å². The number of nitrogens with zero attached hydrogens (tertiary/aromatic N) is 1. The van der Waals surface area contributed by atoms with Gasteiger partial charge in [-0.15, -0.1) is 0 Å². The van der Waals surface area contributed by atoms with Crippen LogP contribution in [0.25, 0.3) is 0 Å². The van der Waals surface area contributed by atoms with E-state index >= 15 is 0 Å². The minimum atomic E-state index is -3.55. The van der Waals surface area contributed by atoms with E-state index in [2.05, 4.69) is 10.6 Å². The Balaban J connectivity index is 1.91. The van der Waals surface area contributed by atoms with Gasteiger partial charge in [0.1, 0.15) is 6.04 Å². The Kier molecular flexibility index (Phi) is 6.88. The highest BCUT2D eigenvalue weighted by molar-refractivity contribution is 7.89. The Morgan fingerprint density at radius 3 is 2.14 bits per heavy atom. The van der Waals surface area contributed by atoms with Gasteiger partial charge in [-0.1, -0.05) is 17.7 Å². The highest BCUT2D eigenvalue weighted by atomic mass is 32.2. The topological polar surface area (TPSA) is 95.6 Å². The highest BCUT2D eigenvalue weighted by Gasteiger charge is 2.33. The van der Waals surface area contributed by atoms with E-state index in [9.17, 15) is 18.0 Å². The van der Waals surface area contributed by atoms with Crippen molar-refractivity contribution in [1.29, 1.82) is 0 Å². The standard InChI is InChI=1S/C20H31N3O4S/c1-14-6-8-17(9-7-14)28(26,27)23-12-10-16(11-13-23)19(25)21-15(2)18(24)22-20(3,4)5/h6-9,15-16H,10-13H2,1-5H3,(H,21,25)(H,22,24). The second-order valence-corrected chi connectivity index (χ2v) is 10.4. The third-order valence-corrected chi connectivity index (χ3v) is 6.65. The predicted octanol–water partition coefficient (Wildman–Crippen LogP) is 1.82. The molecule has 1 unspecified atom stereocenters. The van der Waals surface area contributed by atoms with Gasteiger partial charge in [-0.25, -0.2) is 8.42 Å². The lowest BCUT2D eigenvalue weighted by atomic mass is 9.97. The van der Waals surface area contributed by atoms with E-state index in [1.165, 1.54) is 4.31 Å². The fourth-order valence-electron chi connectivity index (χ4n) is 3.09. The Morgan fingerprint density at radius 2 is 1.64 bits per heavy atom. The van der Waals surface area contributed by atoms with Crippen molar-refractivity contribution in [2.45, 2.75) is 63.9 Å². The first kappa shape index (κ1) is 22.4. The minimum absolute atomic E-state index is 0.205. The monoisotopic (exact) mass is 409 g/mol. The molecule has 1 atom stereocenters. The van der Waals surface area contributed by atoms with Crippen LogP contribution in [0, 0.1) is 12.8 Å². The molecule has 28 heavy (non-hydrogen) atoms. The van der Waals surface area contributed by atoms with Crippen molar-refractivity contribution in [1.82, 2.24) is 14.9 Å². The summed E-state index contributed by atoms with van der Waals surface area (Å²) in [5.74, 6) is -0.737. The number of nitrogens with one attached hydrogen (secondary N) is 2. The van der Waals surface area contributed by atoms with E-state index in [4.69, 9.17) is 0 Å². The summed E-state index contributed by atoms with van der Waals surface area (Å²) in [6.07, 6.45) is 0.870. The largest absolute Gasteiger partial charge is 0.350 e. The van der Waals surface area contributed by atoms with Crippen molar-refractivity contribution in [3.05, 3.63) is 29.8 Å². The third kappa shape index (κ3) is 5.78. The molecule has 0 aliphatic carbocycles. The second kappa shape index (κ2) is 8.61. The van der Waals surface area contributed by atoms with Crippen molar-refractivity contribution in [3.8, 4) is 0 Å². The van der Waals surface area contributed by atoms with Crippen LogP contribution in [0.15, 0.2) is 29.2 Å². The van der Waals surface area contributed by atoms with Crippen LogP contribution in [-0.4, -0.2) is 49.2 Å². The molecule has 0 aromatic heterocycles. The molecule has 8 heteroatoms. The Labute approximate surface area is 167 Å². The second-order valence-electron chi connectivity index (χ2n) is 8.46. The van der Waals surface area contributed by atoms with Crippen LogP contribution >= 0.6 is 0 Å². The summed E-state index contributed by atoms with van der Waals surface area (Å²) in [6.45, 7) is 9.77. The van der Waals surface area contributed by atoms with Gasteiger partial charge in [-0.3, -0.25) is 9.59 Å². The van der Waals surface area contributed by atoms with Crippen molar-refractivity contribution in [2.75, 3.05) is 13.1 Å². The number of benzene rings is 1. The van der Waals surface area contributed by atoms with Crippen molar-refractivity contribution in [2.24, 2.45) is 5.92 Å². The Bertz CT molecular complexity index is 805. The summed E-state index contributed by atoms with van der Waals surface area (Å²) in [5.41, 5.74) is 0.630. The fourth-order valence-corrected chi connectivity index (χ4v) is 4.56. The molecule has 0 saturated carbocycles. The van der Waals surface area contributed by atoms with Gasteiger partial charge in [0.05, 0.1) is 4.90 Å². The molecule has 1 aromatic carbocycles. The molecule has 7 nitrogen and oxygen atoms in total. The van der Waals surface area contributed by atoms with Gasteiger partial charge in [-0.05, 0) is 59.6 Å². The van der Waals surface area contributed by atoms with Crippen LogP contribution in [0.5, 0.6) is 0 Å². The van der Waals surface area contributed by atoms with Crippen LogP contribution in [0.2, 0.25) is 0 Å². The molecule has 2 amide bonds. The smallest absolute Gasteiger partial charge is 0.243 e. The number of rotatable bonds is 5. The molecular weight excluding hydrogens is 378 g/mol. The lowest BCUT2D eigenvalue weighted by Crippen LogP contribution is -2.52. The number of amides is 2. The number of aryl methyl sites for hydroxylation is 1. The van der Waals surface area contributed by atoms with Gasteiger partial charge in [0, 0.05) is 24.5 Å². The number of hydrogen-bond donors (Lipinski definition) is 2. The lowest BCUT2D eigenvalue weighted by molar-refractivity contribution is -0.132. The summed E-state index contributed by atoms with van der Waals surface area (Å²) in [6, 6.07) is 6.13. The maximum atomic E-state index is 12.7. The molecule has 1 aliphatic rings. The Hall–Kier alpha value is -1.93. The molecule has 0 bridgehead atoms.